The molecule has 1 rings (SSSR count). The van der Waals surface area contributed by atoms with E-state index >= 15 is 0 Å². The molecule has 0 bridgehead atoms. The van der Waals surface area contributed by atoms with E-state index in [9.17, 15) is 14.4 Å². The van der Waals surface area contributed by atoms with E-state index in [-0.39, 0.29) is 30.6 Å². The highest BCUT2D eigenvalue weighted by atomic mass is 16.4. The van der Waals surface area contributed by atoms with Crippen molar-refractivity contribution in [3.8, 4) is 0 Å². The Balaban J connectivity index is 2.37. The second kappa shape index (κ2) is 7.13. The molecule has 0 fully saturated rings. The van der Waals surface area contributed by atoms with Crippen LogP contribution in [0.15, 0.2) is 24.3 Å². The Morgan fingerprint density at radius 3 is 2.20 bits per heavy atom. The number of carboxylic acids is 1. The van der Waals surface area contributed by atoms with Gasteiger partial charge in [-0.2, -0.15) is 0 Å². The fourth-order valence-corrected chi connectivity index (χ4v) is 1.34. The summed E-state index contributed by atoms with van der Waals surface area (Å²) in [6, 6.07) is 5.85. The topological polar surface area (TPSA) is 98.7 Å². The average Bonchev–Trinajstić information content (AvgIpc) is 2.42. The van der Waals surface area contributed by atoms with Crippen molar-refractivity contribution in [2.45, 2.75) is 6.54 Å². The number of amides is 3. The van der Waals surface area contributed by atoms with Crippen molar-refractivity contribution in [3.05, 3.63) is 35.4 Å². The van der Waals surface area contributed by atoms with Crippen LogP contribution in [-0.4, -0.2) is 48.6 Å². The van der Waals surface area contributed by atoms with E-state index in [4.69, 9.17) is 5.11 Å². The third-order valence-corrected chi connectivity index (χ3v) is 2.50. The van der Waals surface area contributed by atoms with Crippen molar-refractivity contribution in [2.75, 3.05) is 20.6 Å². The number of hydrogen-bond donors (Lipinski definition) is 3. The molecule has 0 saturated carbocycles. The second-order valence-corrected chi connectivity index (χ2v) is 4.33. The number of carbonyl (C=O) groups is 3. The molecule has 0 aliphatic heterocycles. The van der Waals surface area contributed by atoms with Gasteiger partial charge in [-0.25, -0.2) is 9.59 Å². The van der Waals surface area contributed by atoms with E-state index < -0.39 is 5.97 Å². The molecule has 3 N–H and O–H groups in total. The molecule has 0 saturated heterocycles. The van der Waals surface area contributed by atoms with Crippen LogP contribution in [0.2, 0.25) is 0 Å². The predicted octanol–water partition coefficient (Wildman–Crippen LogP) is 0.272. The molecule has 0 atom stereocenters. The van der Waals surface area contributed by atoms with Gasteiger partial charge in [0.1, 0.15) is 0 Å². The van der Waals surface area contributed by atoms with E-state index in [0.717, 1.165) is 5.56 Å². The van der Waals surface area contributed by atoms with Crippen molar-refractivity contribution in [1.29, 1.82) is 0 Å². The number of rotatable bonds is 5. The molecule has 0 spiro atoms. The molecule has 0 heterocycles. The van der Waals surface area contributed by atoms with Gasteiger partial charge in [-0.15, -0.1) is 0 Å². The molecule has 7 heteroatoms. The molecule has 0 aromatic heterocycles. The van der Waals surface area contributed by atoms with E-state index in [1.165, 1.54) is 17.0 Å². The van der Waals surface area contributed by atoms with Crippen molar-refractivity contribution in [1.82, 2.24) is 15.5 Å². The SMILES string of the molecule is CN(C)C(=O)NCC(=O)NCc1ccc(C(=O)O)cc1. The quantitative estimate of drug-likeness (QED) is 0.720. The molecular weight excluding hydrogens is 262 g/mol. The normalized spacial score (nSPS) is 9.70. The minimum atomic E-state index is -0.994. The predicted molar refractivity (Wildman–Crippen MR) is 72.3 cm³/mol. The van der Waals surface area contributed by atoms with Gasteiger partial charge in [0.2, 0.25) is 5.91 Å². The maximum absolute atomic E-state index is 11.5. The smallest absolute Gasteiger partial charge is 0.335 e. The van der Waals surface area contributed by atoms with E-state index in [1.807, 2.05) is 0 Å². The van der Waals surface area contributed by atoms with Gasteiger partial charge >= 0.3 is 12.0 Å². The number of nitrogens with one attached hydrogen (secondary N) is 2. The average molecular weight is 279 g/mol. The summed E-state index contributed by atoms with van der Waals surface area (Å²) in [4.78, 5) is 34.7. The van der Waals surface area contributed by atoms with Gasteiger partial charge in [0.05, 0.1) is 12.1 Å². The van der Waals surface area contributed by atoms with Crippen LogP contribution < -0.4 is 10.6 Å². The minimum Gasteiger partial charge on any atom is -0.478 e. The summed E-state index contributed by atoms with van der Waals surface area (Å²) in [5, 5.41) is 13.8. The molecule has 7 nitrogen and oxygen atoms in total. The molecule has 0 radical (unpaired) electrons. The molecule has 1 aromatic carbocycles. The largest absolute Gasteiger partial charge is 0.478 e. The molecule has 0 unspecified atom stereocenters. The first-order valence-electron chi connectivity index (χ1n) is 5.94. The van der Waals surface area contributed by atoms with E-state index in [2.05, 4.69) is 10.6 Å². The first-order chi connectivity index (χ1) is 9.40. The summed E-state index contributed by atoms with van der Waals surface area (Å²) >= 11 is 0. The van der Waals surface area contributed by atoms with E-state index in [0.29, 0.717) is 0 Å². The summed E-state index contributed by atoms with van der Waals surface area (Å²) in [5.41, 5.74) is 0.973. The number of nitrogens with zero attached hydrogens (tertiary/aromatic N) is 1. The number of aromatic carboxylic acids is 1. The first-order valence-corrected chi connectivity index (χ1v) is 5.94. The number of carboxylic acid groups (broad SMARTS) is 1. The summed E-state index contributed by atoms with van der Waals surface area (Å²) in [6.07, 6.45) is 0. The van der Waals surface area contributed by atoms with Crippen molar-refractivity contribution in [3.63, 3.8) is 0 Å². The monoisotopic (exact) mass is 279 g/mol. The Labute approximate surface area is 116 Å². The van der Waals surface area contributed by atoms with Crippen molar-refractivity contribution in [2.24, 2.45) is 0 Å². The van der Waals surface area contributed by atoms with Gasteiger partial charge in [-0.05, 0) is 17.7 Å². The standard InChI is InChI=1S/C13H17N3O4/c1-16(2)13(20)15-8-11(17)14-7-9-3-5-10(6-4-9)12(18)19/h3-6H,7-8H2,1-2H3,(H,14,17)(H,15,20)(H,18,19). The number of carbonyl (C=O) groups excluding carboxylic acids is 2. The lowest BCUT2D eigenvalue weighted by molar-refractivity contribution is -0.120. The van der Waals surface area contributed by atoms with Crippen molar-refractivity contribution >= 4 is 17.9 Å². The molecule has 20 heavy (non-hydrogen) atoms. The Hall–Kier alpha value is -2.57. The van der Waals surface area contributed by atoms with Gasteiger partial charge in [-0.3, -0.25) is 4.79 Å². The van der Waals surface area contributed by atoms with Crippen LogP contribution >= 0.6 is 0 Å². The summed E-state index contributed by atoms with van der Waals surface area (Å²) < 4.78 is 0. The molecule has 1 aromatic rings. The van der Waals surface area contributed by atoms with Crippen LogP contribution in [0.25, 0.3) is 0 Å². The maximum atomic E-state index is 11.5. The fraction of sp³-hybridized carbons (Fsp3) is 0.308. The van der Waals surface area contributed by atoms with Crippen LogP contribution in [0.4, 0.5) is 4.79 Å². The van der Waals surface area contributed by atoms with Gasteiger partial charge in [0, 0.05) is 20.6 Å². The fourth-order valence-electron chi connectivity index (χ4n) is 1.34. The Kier molecular flexibility index (Phi) is 5.52. The summed E-state index contributed by atoms with van der Waals surface area (Å²) in [6.45, 7) is 0.167. The van der Waals surface area contributed by atoms with Gasteiger partial charge in [0.15, 0.2) is 0 Å². The zero-order chi connectivity index (χ0) is 15.1. The third-order valence-electron chi connectivity index (χ3n) is 2.50. The third kappa shape index (κ3) is 4.97. The highest BCUT2D eigenvalue weighted by Gasteiger charge is 2.07. The van der Waals surface area contributed by atoms with Gasteiger partial charge in [0.25, 0.3) is 0 Å². The Bertz CT molecular complexity index is 497. The molecule has 0 aliphatic rings. The Morgan fingerprint density at radius 2 is 1.70 bits per heavy atom. The van der Waals surface area contributed by atoms with Crippen LogP contribution in [-0.2, 0) is 11.3 Å². The molecule has 3 amide bonds. The highest BCUT2D eigenvalue weighted by Crippen LogP contribution is 2.03. The molecular formula is C13H17N3O4. The highest BCUT2D eigenvalue weighted by molar-refractivity contribution is 5.87. The van der Waals surface area contributed by atoms with Gasteiger partial charge < -0.3 is 20.6 Å². The lowest BCUT2D eigenvalue weighted by Gasteiger charge is -2.11. The maximum Gasteiger partial charge on any atom is 0.335 e. The lowest BCUT2D eigenvalue weighted by atomic mass is 10.1. The van der Waals surface area contributed by atoms with Crippen LogP contribution in [0, 0.1) is 0 Å². The zero-order valence-corrected chi connectivity index (χ0v) is 11.3. The van der Waals surface area contributed by atoms with Crippen molar-refractivity contribution < 1.29 is 19.5 Å². The number of urea groups is 1. The van der Waals surface area contributed by atoms with Crippen LogP contribution in [0.5, 0.6) is 0 Å². The number of hydrogen-bond acceptors (Lipinski definition) is 3. The number of benzene rings is 1. The zero-order valence-electron chi connectivity index (χ0n) is 11.3. The Morgan fingerprint density at radius 1 is 1.10 bits per heavy atom. The molecule has 108 valence electrons. The summed E-state index contributed by atoms with van der Waals surface area (Å²) in [7, 11) is 3.16. The lowest BCUT2D eigenvalue weighted by Crippen LogP contribution is -2.41. The second-order valence-electron chi connectivity index (χ2n) is 4.33. The first kappa shape index (κ1) is 15.5. The molecule has 0 aliphatic carbocycles. The van der Waals surface area contributed by atoms with E-state index in [1.54, 1.807) is 26.2 Å². The van der Waals surface area contributed by atoms with Gasteiger partial charge in [-0.1, -0.05) is 12.1 Å². The minimum absolute atomic E-state index is 0.107. The van der Waals surface area contributed by atoms with Crippen LogP contribution in [0.1, 0.15) is 15.9 Å². The van der Waals surface area contributed by atoms with Crippen LogP contribution in [0.3, 0.4) is 0 Å². The summed E-state index contributed by atoms with van der Waals surface area (Å²) in [5.74, 6) is -1.31.